The van der Waals surface area contributed by atoms with Gasteiger partial charge < -0.3 is 19.5 Å². The van der Waals surface area contributed by atoms with Crippen LogP contribution in [0.4, 0.5) is 4.39 Å². The lowest BCUT2D eigenvalue weighted by Crippen LogP contribution is -2.46. The van der Waals surface area contributed by atoms with Gasteiger partial charge in [0, 0.05) is 35.8 Å². The second-order valence-corrected chi connectivity index (χ2v) is 11.9. The van der Waals surface area contributed by atoms with E-state index >= 15 is 4.39 Å². The summed E-state index contributed by atoms with van der Waals surface area (Å²) in [5.74, 6) is -1.89. The molecular weight excluding hydrogens is 593 g/mol. The molecule has 224 valence electrons. The lowest BCUT2D eigenvalue weighted by molar-refractivity contribution is -0.141. The lowest BCUT2D eigenvalue weighted by Gasteiger charge is -2.41. The summed E-state index contributed by atoms with van der Waals surface area (Å²) in [6.07, 6.45) is 1.32. The number of hydrogen-bond donors (Lipinski definition) is 1. The van der Waals surface area contributed by atoms with Crippen LogP contribution in [0.5, 0.6) is 0 Å². The fourth-order valence-electron chi connectivity index (χ4n) is 6.22. The molecule has 0 aliphatic carbocycles. The molecule has 5 rings (SSSR count). The molecule has 1 saturated heterocycles. The first kappa shape index (κ1) is 31.5. The van der Waals surface area contributed by atoms with Crippen molar-refractivity contribution in [3.05, 3.63) is 104 Å². The SMILES string of the molecule is [B][C@@](O)(c1cc(F)c2c(c1)C(=O)N(Cc1ccc(Cl)cc1)C2(OC)c1ccc(Cl)cc1)C1CCN(CCC(=O)OC)CC1. The molecule has 2 aliphatic rings. The average molecular weight is 625 g/mol. The van der Waals surface area contributed by atoms with Crippen molar-refractivity contribution in [2.24, 2.45) is 5.92 Å². The maximum absolute atomic E-state index is 16.4. The highest BCUT2D eigenvalue weighted by atomic mass is 35.5. The zero-order chi connectivity index (χ0) is 30.9. The first-order valence-electron chi connectivity index (χ1n) is 14.0. The van der Waals surface area contributed by atoms with Crippen LogP contribution in [-0.2, 0) is 32.0 Å². The summed E-state index contributed by atoms with van der Waals surface area (Å²) in [7, 11) is 9.30. The molecule has 11 heteroatoms. The van der Waals surface area contributed by atoms with Crippen LogP contribution in [0.1, 0.15) is 51.9 Å². The maximum Gasteiger partial charge on any atom is 0.306 e. The van der Waals surface area contributed by atoms with Gasteiger partial charge in [0.05, 0.1) is 30.2 Å². The minimum absolute atomic E-state index is 0.0356. The number of piperidine rings is 1. The molecule has 0 bridgehead atoms. The minimum Gasteiger partial charge on any atom is -0.469 e. The van der Waals surface area contributed by atoms with Gasteiger partial charge in [-0.3, -0.25) is 14.5 Å². The number of hydrogen-bond acceptors (Lipinski definition) is 6. The van der Waals surface area contributed by atoms with Crippen LogP contribution in [0.3, 0.4) is 0 Å². The number of esters is 1. The van der Waals surface area contributed by atoms with Crippen molar-refractivity contribution in [1.82, 2.24) is 9.80 Å². The van der Waals surface area contributed by atoms with Crippen LogP contribution in [0.25, 0.3) is 0 Å². The predicted molar refractivity (Wildman–Crippen MR) is 162 cm³/mol. The van der Waals surface area contributed by atoms with Gasteiger partial charge in [0.15, 0.2) is 5.72 Å². The van der Waals surface area contributed by atoms with E-state index < -0.39 is 28.9 Å². The predicted octanol–water partition coefficient (Wildman–Crippen LogP) is 5.22. The third-order valence-electron chi connectivity index (χ3n) is 8.60. The number of amides is 1. The zero-order valence-electron chi connectivity index (χ0n) is 24.0. The van der Waals surface area contributed by atoms with Crippen molar-refractivity contribution < 1.29 is 28.6 Å². The van der Waals surface area contributed by atoms with E-state index in [1.165, 1.54) is 31.3 Å². The van der Waals surface area contributed by atoms with Gasteiger partial charge in [-0.1, -0.05) is 47.5 Å². The number of methoxy groups -OCH3 is 2. The second-order valence-electron chi connectivity index (χ2n) is 11.0. The Morgan fingerprint density at radius 1 is 1.07 bits per heavy atom. The zero-order valence-corrected chi connectivity index (χ0v) is 25.5. The summed E-state index contributed by atoms with van der Waals surface area (Å²) in [5.41, 5.74) is -2.04. The topological polar surface area (TPSA) is 79.3 Å². The van der Waals surface area contributed by atoms with E-state index in [0.29, 0.717) is 48.1 Å². The molecule has 2 radical (unpaired) electrons. The number of nitrogens with zero attached hydrogens (tertiary/aromatic N) is 2. The van der Waals surface area contributed by atoms with Crippen LogP contribution in [0, 0.1) is 11.7 Å². The van der Waals surface area contributed by atoms with Crippen LogP contribution in [0.15, 0.2) is 60.7 Å². The number of aliphatic hydroxyl groups is 1. The van der Waals surface area contributed by atoms with Gasteiger partial charge in [-0.05, 0) is 79.4 Å². The van der Waals surface area contributed by atoms with Crippen LogP contribution in [-0.4, -0.2) is 68.5 Å². The van der Waals surface area contributed by atoms with Gasteiger partial charge >= 0.3 is 5.97 Å². The van der Waals surface area contributed by atoms with Crippen LogP contribution < -0.4 is 0 Å². The Balaban J connectivity index is 1.51. The molecule has 7 nitrogen and oxygen atoms in total. The van der Waals surface area contributed by atoms with E-state index in [-0.39, 0.29) is 35.6 Å². The van der Waals surface area contributed by atoms with Crippen molar-refractivity contribution in [3.8, 4) is 0 Å². The van der Waals surface area contributed by atoms with Crippen LogP contribution >= 0.6 is 23.2 Å². The number of carbonyl (C=O) groups is 2. The van der Waals surface area contributed by atoms with Gasteiger partial charge in [-0.2, -0.15) is 0 Å². The van der Waals surface area contributed by atoms with Crippen LogP contribution in [0.2, 0.25) is 10.0 Å². The molecule has 2 aliphatic heterocycles. The van der Waals surface area contributed by atoms with Crippen molar-refractivity contribution in [1.29, 1.82) is 0 Å². The smallest absolute Gasteiger partial charge is 0.306 e. The molecule has 1 N–H and O–H groups in total. The number of halogens is 3. The maximum atomic E-state index is 16.4. The second kappa shape index (κ2) is 12.6. The summed E-state index contributed by atoms with van der Waals surface area (Å²) in [4.78, 5) is 29.2. The number of likely N-dealkylation sites (tertiary alicyclic amines) is 1. The largest absolute Gasteiger partial charge is 0.469 e. The van der Waals surface area contributed by atoms with Crippen molar-refractivity contribution in [3.63, 3.8) is 0 Å². The number of fused-ring (bicyclic) bond motifs is 1. The molecule has 2 heterocycles. The normalized spacial score (nSPS) is 20.6. The number of ether oxygens (including phenoxy) is 2. The van der Waals surface area contributed by atoms with Gasteiger partial charge in [0.2, 0.25) is 0 Å². The summed E-state index contributed by atoms with van der Waals surface area (Å²) >= 11 is 12.3. The van der Waals surface area contributed by atoms with Gasteiger partial charge in [0.1, 0.15) is 13.7 Å². The van der Waals surface area contributed by atoms with Crippen molar-refractivity contribution in [2.75, 3.05) is 33.9 Å². The summed E-state index contributed by atoms with van der Waals surface area (Å²) < 4.78 is 27.2. The summed E-state index contributed by atoms with van der Waals surface area (Å²) in [6.45, 7) is 1.84. The molecule has 2 atom stereocenters. The first-order valence-corrected chi connectivity index (χ1v) is 14.8. The monoisotopic (exact) mass is 624 g/mol. The summed E-state index contributed by atoms with van der Waals surface area (Å²) in [6, 6.07) is 16.4. The Kier molecular flexibility index (Phi) is 9.21. The van der Waals surface area contributed by atoms with Crippen molar-refractivity contribution in [2.45, 2.75) is 37.0 Å². The van der Waals surface area contributed by atoms with E-state index in [4.69, 9.17) is 40.5 Å². The molecule has 3 aromatic carbocycles. The highest BCUT2D eigenvalue weighted by molar-refractivity contribution is 6.30. The number of rotatable bonds is 9. The molecule has 1 amide bonds. The Labute approximate surface area is 261 Å². The van der Waals surface area contributed by atoms with Gasteiger partial charge in [0.25, 0.3) is 5.91 Å². The molecule has 0 spiro atoms. The summed E-state index contributed by atoms with van der Waals surface area (Å²) in [5, 5.41) is 12.6. The highest BCUT2D eigenvalue weighted by Crippen LogP contribution is 2.48. The van der Waals surface area contributed by atoms with E-state index in [9.17, 15) is 14.7 Å². The fraction of sp³-hybridized carbons (Fsp3) is 0.375. The molecule has 0 saturated carbocycles. The fourth-order valence-corrected chi connectivity index (χ4v) is 6.47. The third kappa shape index (κ3) is 5.93. The van der Waals surface area contributed by atoms with Gasteiger partial charge in [-0.15, -0.1) is 0 Å². The molecule has 0 aromatic heterocycles. The Bertz CT molecular complexity index is 1500. The van der Waals surface area contributed by atoms with E-state index in [1.807, 2.05) is 0 Å². The molecule has 3 aromatic rings. The van der Waals surface area contributed by atoms with E-state index in [1.54, 1.807) is 48.5 Å². The van der Waals surface area contributed by atoms with Crippen molar-refractivity contribution >= 4 is 42.9 Å². The molecule has 43 heavy (non-hydrogen) atoms. The Hall–Kier alpha value is -2.95. The lowest BCUT2D eigenvalue weighted by atomic mass is 9.63. The average Bonchev–Trinajstić information content (AvgIpc) is 3.25. The van der Waals surface area contributed by atoms with E-state index in [2.05, 4.69) is 4.90 Å². The molecular formula is C32H32BCl2FN2O5. The molecule has 1 unspecified atom stereocenters. The quantitative estimate of drug-likeness (QED) is 0.260. The standard InChI is InChI=1S/C32H32BCl2FN2O5/c1-42-28(39)13-16-37-14-11-21(12-15-37)31(33,41)23-17-26-29(27(36)18-23)32(43-2,22-5-9-25(35)10-6-22)38(30(26)40)19-20-3-7-24(34)8-4-20/h3-10,17-18,21,41H,11-16,19H2,1-2H3/t31-,32?/m0/s1. The number of benzene rings is 3. The number of carbonyl (C=O) groups excluding carboxylic acids is 2. The van der Waals surface area contributed by atoms with E-state index in [0.717, 1.165) is 5.56 Å². The Morgan fingerprint density at radius 2 is 1.67 bits per heavy atom. The van der Waals surface area contributed by atoms with Gasteiger partial charge in [-0.25, -0.2) is 4.39 Å². The highest BCUT2D eigenvalue weighted by Gasteiger charge is 2.54. The minimum atomic E-state index is -1.90. The Morgan fingerprint density at radius 3 is 2.26 bits per heavy atom. The third-order valence-corrected chi connectivity index (χ3v) is 9.11. The molecule has 1 fully saturated rings. The first-order chi connectivity index (χ1) is 20.5.